The van der Waals surface area contributed by atoms with E-state index in [1.165, 1.54) is 25.7 Å². The third kappa shape index (κ3) is 2.42. The molecule has 1 aromatic heterocycles. The lowest BCUT2D eigenvalue weighted by molar-refractivity contribution is 0.112. The fourth-order valence-corrected chi connectivity index (χ4v) is 3.02. The van der Waals surface area contributed by atoms with Crippen molar-refractivity contribution in [3.8, 4) is 0 Å². The number of hydrogen-bond donors (Lipinski definition) is 0. The molecule has 0 unspecified atom stereocenters. The van der Waals surface area contributed by atoms with Crippen LogP contribution in [0.3, 0.4) is 0 Å². The van der Waals surface area contributed by atoms with Crippen molar-refractivity contribution in [2.45, 2.75) is 39.5 Å². The lowest BCUT2D eigenvalue weighted by Crippen LogP contribution is -2.35. The van der Waals surface area contributed by atoms with Crippen LogP contribution in [-0.4, -0.2) is 29.2 Å². The number of carbonyl (C=O) groups is 1. The largest absolute Gasteiger partial charge is 0.356 e. The van der Waals surface area contributed by atoms with E-state index >= 15 is 0 Å². The van der Waals surface area contributed by atoms with Gasteiger partial charge in [-0.3, -0.25) is 9.48 Å². The molecule has 1 fully saturated rings. The predicted molar refractivity (Wildman–Crippen MR) is 73.2 cm³/mol. The van der Waals surface area contributed by atoms with E-state index in [9.17, 15) is 4.79 Å². The van der Waals surface area contributed by atoms with E-state index in [2.05, 4.69) is 16.9 Å². The van der Waals surface area contributed by atoms with Crippen molar-refractivity contribution < 1.29 is 4.79 Å². The van der Waals surface area contributed by atoms with E-state index in [0.29, 0.717) is 0 Å². The molecule has 1 saturated heterocycles. The van der Waals surface area contributed by atoms with E-state index in [-0.39, 0.29) is 0 Å². The Morgan fingerprint density at radius 3 is 2.61 bits per heavy atom. The Balaban J connectivity index is 2.12. The lowest BCUT2D eigenvalue weighted by Gasteiger charge is -2.33. The highest BCUT2D eigenvalue weighted by Crippen LogP contribution is 2.28. The van der Waals surface area contributed by atoms with Crippen molar-refractivity contribution in [2.75, 3.05) is 18.0 Å². The van der Waals surface area contributed by atoms with Crippen LogP contribution in [0, 0.1) is 12.8 Å². The Bertz CT molecular complexity index is 417. The van der Waals surface area contributed by atoms with Crippen molar-refractivity contribution in [1.82, 2.24) is 9.78 Å². The third-order valence-electron chi connectivity index (χ3n) is 3.97. The predicted octanol–water partition coefficient (Wildman–Crippen LogP) is 2.56. The molecule has 0 radical (unpaired) electrons. The average Bonchev–Trinajstić information content (AvgIpc) is 2.65. The number of aromatic nitrogens is 2. The zero-order chi connectivity index (χ0) is 13.1. The minimum atomic E-state index is 0.756. The number of carbonyl (C=O) groups excluding carboxylic acids is 1. The highest BCUT2D eigenvalue weighted by Gasteiger charge is 2.24. The van der Waals surface area contributed by atoms with Crippen LogP contribution in [0.4, 0.5) is 5.82 Å². The minimum Gasteiger partial charge on any atom is -0.356 e. The number of piperidine rings is 1. The zero-order valence-corrected chi connectivity index (χ0v) is 11.6. The fourth-order valence-electron chi connectivity index (χ4n) is 3.02. The number of aldehydes is 1. The van der Waals surface area contributed by atoms with Crippen LogP contribution in [0.25, 0.3) is 0 Å². The van der Waals surface area contributed by atoms with Gasteiger partial charge < -0.3 is 4.90 Å². The summed E-state index contributed by atoms with van der Waals surface area (Å²) in [6.07, 6.45) is 6.01. The minimum absolute atomic E-state index is 0.756. The zero-order valence-electron chi connectivity index (χ0n) is 11.6. The number of rotatable bonds is 4. The maximum absolute atomic E-state index is 11.2. The molecule has 4 nitrogen and oxygen atoms in total. The van der Waals surface area contributed by atoms with Crippen molar-refractivity contribution in [3.63, 3.8) is 0 Å². The first-order chi connectivity index (χ1) is 8.67. The first-order valence-electron chi connectivity index (χ1n) is 6.91. The summed E-state index contributed by atoms with van der Waals surface area (Å²) >= 11 is 0. The van der Waals surface area contributed by atoms with Gasteiger partial charge in [-0.15, -0.1) is 0 Å². The molecule has 0 saturated carbocycles. The van der Waals surface area contributed by atoms with Gasteiger partial charge in [0.25, 0.3) is 0 Å². The molecule has 1 aliphatic rings. The Morgan fingerprint density at radius 2 is 2.06 bits per heavy atom. The fraction of sp³-hybridized carbons (Fsp3) is 0.714. The van der Waals surface area contributed by atoms with E-state index in [1.807, 2.05) is 18.7 Å². The standard InChI is InChI=1S/C14H23N3O/c1-4-5-12-6-8-17(9-7-12)14-13(10-18)11(2)15-16(14)3/h10,12H,4-9H2,1-3H3. The van der Waals surface area contributed by atoms with Crippen LogP contribution >= 0.6 is 0 Å². The van der Waals surface area contributed by atoms with E-state index in [0.717, 1.165) is 42.4 Å². The van der Waals surface area contributed by atoms with Crippen LogP contribution in [0.2, 0.25) is 0 Å². The summed E-state index contributed by atoms with van der Waals surface area (Å²) in [5.74, 6) is 1.86. The Hall–Kier alpha value is -1.32. The molecule has 0 N–H and O–H groups in total. The van der Waals surface area contributed by atoms with Crippen molar-refractivity contribution in [1.29, 1.82) is 0 Å². The van der Waals surface area contributed by atoms with Gasteiger partial charge in [-0.25, -0.2) is 0 Å². The summed E-state index contributed by atoms with van der Waals surface area (Å²) in [7, 11) is 1.92. The van der Waals surface area contributed by atoms with Crippen molar-refractivity contribution in [3.05, 3.63) is 11.3 Å². The molecule has 100 valence electrons. The number of hydrogen-bond acceptors (Lipinski definition) is 3. The highest BCUT2D eigenvalue weighted by atomic mass is 16.1. The summed E-state index contributed by atoms with van der Waals surface area (Å²) in [6, 6.07) is 0. The second kappa shape index (κ2) is 5.55. The van der Waals surface area contributed by atoms with Crippen LogP contribution in [-0.2, 0) is 7.05 Å². The second-order valence-electron chi connectivity index (χ2n) is 5.28. The molecule has 0 spiro atoms. The third-order valence-corrected chi connectivity index (χ3v) is 3.97. The Kier molecular flexibility index (Phi) is 4.04. The summed E-state index contributed by atoms with van der Waals surface area (Å²) in [5.41, 5.74) is 1.59. The average molecular weight is 249 g/mol. The lowest BCUT2D eigenvalue weighted by atomic mass is 9.92. The normalized spacial score (nSPS) is 17.2. The molecular weight excluding hydrogens is 226 g/mol. The molecule has 0 atom stereocenters. The quantitative estimate of drug-likeness (QED) is 0.770. The van der Waals surface area contributed by atoms with Crippen molar-refractivity contribution >= 4 is 12.1 Å². The van der Waals surface area contributed by atoms with Crippen LogP contribution < -0.4 is 4.90 Å². The molecule has 1 aromatic rings. The van der Waals surface area contributed by atoms with Gasteiger partial charge in [-0.05, 0) is 25.7 Å². The second-order valence-corrected chi connectivity index (χ2v) is 5.28. The van der Waals surface area contributed by atoms with E-state index < -0.39 is 0 Å². The van der Waals surface area contributed by atoms with Gasteiger partial charge in [0.1, 0.15) is 5.82 Å². The molecule has 0 bridgehead atoms. The summed E-state index contributed by atoms with van der Waals surface area (Å²) in [4.78, 5) is 13.5. The van der Waals surface area contributed by atoms with Crippen LogP contribution in [0.5, 0.6) is 0 Å². The number of anilines is 1. The van der Waals surface area contributed by atoms with Gasteiger partial charge in [-0.2, -0.15) is 5.10 Å². The molecule has 2 heterocycles. The van der Waals surface area contributed by atoms with Gasteiger partial charge in [0, 0.05) is 20.1 Å². The first-order valence-corrected chi connectivity index (χ1v) is 6.91. The van der Waals surface area contributed by atoms with Gasteiger partial charge in [-0.1, -0.05) is 19.8 Å². The Labute approximate surface area is 109 Å². The maximum atomic E-state index is 11.2. The molecule has 2 rings (SSSR count). The molecule has 4 heteroatoms. The molecule has 0 aromatic carbocycles. The van der Waals surface area contributed by atoms with Crippen molar-refractivity contribution in [2.24, 2.45) is 13.0 Å². The molecule has 0 aliphatic carbocycles. The van der Waals surface area contributed by atoms with Gasteiger partial charge in [0.15, 0.2) is 6.29 Å². The molecule has 0 amide bonds. The van der Waals surface area contributed by atoms with E-state index in [4.69, 9.17) is 0 Å². The van der Waals surface area contributed by atoms with Gasteiger partial charge in [0.2, 0.25) is 0 Å². The smallest absolute Gasteiger partial charge is 0.155 e. The maximum Gasteiger partial charge on any atom is 0.155 e. The van der Waals surface area contributed by atoms with Crippen LogP contribution in [0.1, 0.15) is 48.7 Å². The molecular formula is C14H23N3O. The number of nitrogens with zero attached hydrogens (tertiary/aromatic N) is 3. The highest BCUT2D eigenvalue weighted by molar-refractivity contribution is 5.84. The summed E-state index contributed by atoms with van der Waals surface area (Å²) in [5, 5.41) is 4.36. The SMILES string of the molecule is CCCC1CCN(c2c(C=O)c(C)nn2C)CC1. The summed E-state index contributed by atoms with van der Waals surface area (Å²) < 4.78 is 1.85. The van der Waals surface area contributed by atoms with Crippen LogP contribution in [0.15, 0.2) is 0 Å². The Morgan fingerprint density at radius 1 is 1.39 bits per heavy atom. The molecule has 1 aliphatic heterocycles. The number of aryl methyl sites for hydroxylation is 2. The monoisotopic (exact) mass is 249 g/mol. The first kappa shape index (κ1) is 13.1. The van der Waals surface area contributed by atoms with E-state index in [1.54, 1.807) is 0 Å². The molecule has 18 heavy (non-hydrogen) atoms. The summed E-state index contributed by atoms with van der Waals surface area (Å²) in [6.45, 7) is 6.24. The van der Waals surface area contributed by atoms with Gasteiger partial charge in [0.05, 0.1) is 11.3 Å². The van der Waals surface area contributed by atoms with Gasteiger partial charge >= 0.3 is 0 Å². The topological polar surface area (TPSA) is 38.1 Å².